The zero-order valence-corrected chi connectivity index (χ0v) is 12.0. The Balaban J connectivity index is 3.10. The molecule has 0 fully saturated rings. The molecule has 5 nitrogen and oxygen atoms in total. The molecule has 0 aliphatic heterocycles. The molecular weight excluding hydrogens is 324 g/mol. The number of rotatable bonds is 5. The van der Waals surface area contributed by atoms with Crippen molar-refractivity contribution in [3.63, 3.8) is 0 Å². The van der Waals surface area contributed by atoms with Crippen molar-refractivity contribution in [1.82, 2.24) is 4.31 Å². The van der Waals surface area contributed by atoms with Crippen molar-refractivity contribution < 1.29 is 25.6 Å². The van der Waals surface area contributed by atoms with Crippen molar-refractivity contribution in [2.24, 2.45) is 0 Å². The predicted octanol–water partition coefficient (Wildman–Crippen LogP) is 1.50. The van der Waals surface area contributed by atoms with Crippen LogP contribution in [0.15, 0.2) is 34.1 Å². The van der Waals surface area contributed by atoms with E-state index in [1.807, 2.05) is 0 Å². The zero-order valence-electron chi connectivity index (χ0n) is 9.62. The average Bonchev–Trinajstić information content (AvgIpc) is 2.27. The molecule has 0 atom stereocenters. The van der Waals surface area contributed by atoms with Crippen molar-refractivity contribution in [3.05, 3.63) is 24.3 Å². The first kappa shape index (κ1) is 16.3. The summed E-state index contributed by atoms with van der Waals surface area (Å²) in [6, 6.07) is 3.97. The summed E-state index contributed by atoms with van der Waals surface area (Å²) >= 11 is 0. The molecule has 0 unspecified atom stereocenters. The fourth-order valence-corrected chi connectivity index (χ4v) is 3.17. The number of nitrogens with zero attached hydrogens (tertiary/aromatic N) is 1. The topological polar surface area (TPSA) is 71.5 Å². The van der Waals surface area contributed by atoms with Crippen LogP contribution in [0.4, 0.5) is 8.78 Å². The standard InChI is InChI=1S/C9H10ClF2NO4S2/c1-13(6-9(11)12)19(16,17)8-4-2-7(3-5-8)18(10,14)15/h2-5,9H,6H2,1H3. The van der Waals surface area contributed by atoms with Crippen LogP contribution in [0.5, 0.6) is 0 Å². The summed E-state index contributed by atoms with van der Waals surface area (Å²) in [6.07, 6.45) is -2.80. The van der Waals surface area contributed by atoms with Gasteiger partial charge in [-0.05, 0) is 24.3 Å². The Hall–Kier alpha value is -0.770. The van der Waals surface area contributed by atoms with Crippen LogP contribution in [-0.4, -0.2) is 41.2 Å². The van der Waals surface area contributed by atoms with Gasteiger partial charge in [0.25, 0.3) is 15.5 Å². The summed E-state index contributed by atoms with van der Waals surface area (Å²) in [5.74, 6) is 0. The zero-order chi connectivity index (χ0) is 14.8. The highest BCUT2D eigenvalue weighted by atomic mass is 35.7. The van der Waals surface area contributed by atoms with Crippen LogP contribution < -0.4 is 0 Å². The SMILES string of the molecule is CN(CC(F)F)S(=O)(=O)c1ccc(S(=O)(=O)Cl)cc1. The summed E-state index contributed by atoms with van der Waals surface area (Å²) in [4.78, 5) is -0.565. The molecule has 0 aliphatic rings. The lowest BCUT2D eigenvalue weighted by molar-refractivity contribution is 0.126. The normalized spacial score (nSPS) is 13.2. The van der Waals surface area contributed by atoms with Crippen LogP contribution in [0.1, 0.15) is 0 Å². The van der Waals surface area contributed by atoms with E-state index in [0.29, 0.717) is 4.31 Å². The second kappa shape index (κ2) is 5.70. The summed E-state index contributed by atoms with van der Waals surface area (Å²) in [5.41, 5.74) is 0. The average molecular weight is 334 g/mol. The van der Waals surface area contributed by atoms with Crippen LogP contribution in [0, 0.1) is 0 Å². The second-order valence-corrected chi connectivity index (χ2v) is 8.20. The van der Waals surface area contributed by atoms with Gasteiger partial charge in [-0.3, -0.25) is 0 Å². The van der Waals surface area contributed by atoms with Crippen molar-refractivity contribution in [2.45, 2.75) is 16.2 Å². The Morgan fingerprint density at radius 3 is 1.89 bits per heavy atom. The Bertz CT molecular complexity index is 643. The number of alkyl halides is 2. The molecule has 0 amide bonds. The van der Waals surface area contributed by atoms with E-state index >= 15 is 0 Å². The highest BCUT2D eigenvalue weighted by Crippen LogP contribution is 2.20. The van der Waals surface area contributed by atoms with Crippen LogP contribution >= 0.6 is 10.7 Å². The van der Waals surface area contributed by atoms with Crippen molar-refractivity contribution in [2.75, 3.05) is 13.6 Å². The van der Waals surface area contributed by atoms with Crippen molar-refractivity contribution >= 4 is 29.8 Å². The van der Waals surface area contributed by atoms with E-state index in [4.69, 9.17) is 10.7 Å². The van der Waals surface area contributed by atoms with Crippen LogP contribution in [0.2, 0.25) is 0 Å². The summed E-state index contributed by atoms with van der Waals surface area (Å²) in [6.45, 7) is -0.947. The maximum absolute atomic E-state index is 12.1. The van der Waals surface area contributed by atoms with Gasteiger partial charge in [0.05, 0.1) is 16.3 Å². The van der Waals surface area contributed by atoms with Gasteiger partial charge in [0.2, 0.25) is 10.0 Å². The van der Waals surface area contributed by atoms with E-state index in [9.17, 15) is 25.6 Å². The van der Waals surface area contributed by atoms with Gasteiger partial charge in [0.1, 0.15) is 0 Å². The molecule has 0 saturated carbocycles. The molecule has 19 heavy (non-hydrogen) atoms. The molecule has 0 aromatic heterocycles. The van der Waals surface area contributed by atoms with E-state index in [2.05, 4.69) is 0 Å². The molecule has 1 aromatic rings. The van der Waals surface area contributed by atoms with Gasteiger partial charge in [0, 0.05) is 17.7 Å². The highest BCUT2D eigenvalue weighted by molar-refractivity contribution is 8.13. The summed E-state index contributed by atoms with van der Waals surface area (Å²) < 4.78 is 70.4. The molecule has 0 bridgehead atoms. The summed E-state index contributed by atoms with van der Waals surface area (Å²) in [5, 5.41) is 0. The Morgan fingerprint density at radius 1 is 1.11 bits per heavy atom. The van der Waals surface area contributed by atoms with Crippen LogP contribution in [0.25, 0.3) is 0 Å². The van der Waals surface area contributed by atoms with Crippen LogP contribution in [-0.2, 0) is 19.1 Å². The molecule has 0 radical (unpaired) electrons. The fourth-order valence-electron chi connectivity index (χ4n) is 1.25. The van der Waals surface area contributed by atoms with Crippen molar-refractivity contribution in [1.29, 1.82) is 0 Å². The minimum atomic E-state index is -4.08. The van der Waals surface area contributed by atoms with Gasteiger partial charge in [0.15, 0.2) is 0 Å². The molecule has 0 saturated heterocycles. The lowest BCUT2D eigenvalue weighted by Crippen LogP contribution is -2.31. The third-order valence-corrected chi connectivity index (χ3v) is 5.42. The predicted molar refractivity (Wildman–Crippen MR) is 65.3 cm³/mol. The quantitative estimate of drug-likeness (QED) is 0.766. The van der Waals surface area contributed by atoms with Gasteiger partial charge in [-0.1, -0.05) is 0 Å². The molecule has 0 aliphatic carbocycles. The fraction of sp³-hybridized carbons (Fsp3) is 0.333. The maximum Gasteiger partial charge on any atom is 0.261 e. The second-order valence-electron chi connectivity index (χ2n) is 3.59. The highest BCUT2D eigenvalue weighted by Gasteiger charge is 2.24. The first-order valence-corrected chi connectivity index (χ1v) is 8.59. The lowest BCUT2D eigenvalue weighted by Gasteiger charge is -2.16. The molecular formula is C9H10ClF2NO4S2. The number of halogens is 3. The maximum atomic E-state index is 12.1. The number of sulfonamides is 1. The lowest BCUT2D eigenvalue weighted by atomic mass is 10.4. The Kier molecular flexibility index (Phi) is 4.88. The monoisotopic (exact) mass is 333 g/mol. The number of hydrogen-bond acceptors (Lipinski definition) is 4. The van der Waals surface area contributed by atoms with E-state index in [1.165, 1.54) is 0 Å². The Morgan fingerprint density at radius 2 is 1.53 bits per heavy atom. The molecule has 108 valence electrons. The molecule has 1 rings (SSSR count). The van der Waals surface area contributed by atoms with E-state index in [0.717, 1.165) is 31.3 Å². The minimum absolute atomic E-state index is 0.273. The van der Waals surface area contributed by atoms with Gasteiger partial charge in [-0.15, -0.1) is 0 Å². The molecule has 0 spiro atoms. The molecule has 0 N–H and O–H groups in total. The third-order valence-electron chi connectivity index (χ3n) is 2.21. The molecule has 10 heteroatoms. The minimum Gasteiger partial charge on any atom is -0.209 e. The third kappa shape index (κ3) is 4.10. The van der Waals surface area contributed by atoms with E-state index < -0.39 is 32.0 Å². The van der Waals surface area contributed by atoms with Crippen molar-refractivity contribution in [3.8, 4) is 0 Å². The van der Waals surface area contributed by atoms with Gasteiger partial charge in [-0.25, -0.2) is 25.6 Å². The van der Waals surface area contributed by atoms with Crippen LogP contribution in [0.3, 0.4) is 0 Å². The van der Waals surface area contributed by atoms with E-state index in [-0.39, 0.29) is 9.79 Å². The first-order valence-electron chi connectivity index (χ1n) is 4.84. The van der Waals surface area contributed by atoms with Gasteiger partial charge in [-0.2, -0.15) is 4.31 Å². The van der Waals surface area contributed by atoms with Gasteiger partial charge < -0.3 is 0 Å². The number of hydrogen-bond donors (Lipinski definition) is 0. The van der Waals surface area contributed by atoms with E-state index in [1.54, 1.807) is 0 Å². The molecule has 0 heterocycles. The largest absolute Gasteiger partial charge is 0.261 e. The smallest absolute Gasteiger partial charge is 0.209 e. The Labute approximate surface area is 114 Å². The summed E-state index contributed by atoms with van der Waals surface area (Å²) in [7, 11) is -1.96. The molecule has 1 aromatic carbocycles. The first-order chi connectivity index (χ1) is 8.55. The van der Waals surface area contributed by atoms with Gasteiger partial charge >= 0.3 is 0 Å². The number of benzene rings is 1.